The van der Waals surface area contributed by atoms with Crippen molar-refractivity contribution in [3.8, 4) is 11.5 Å². The van der Waals surface area contributed by atoms with Gasteiger partial charge in [0.2, 0.25) is 0 Å². The molecule has 1 aliphatic rings. The lowest BCUT2D eigenvalue weighted by Crippen LogP contribution is -2.20. The second-order valence-corrected chi connectivity index (χ2v) is 4.40. The van der Waals surface area contributed by atoms with E-state index in [4.69, 9.17) is 21.1 Å². The minimum Gasteiger partial charge on any atom is -0.486 e. The van der Waals surface area contributed by atoms with E-state index in [-0.39, 0.29) is 0 Å². The van der Waals surface area contributed by atoms with Crippen molar-refractivity contribution in [3.63, 3.8) is 0 Å². The van der Waals surface area contributed by atoms with E-state index < -0.39 is 6.10 Å². The van der Waals surface area contributed by atoms with Gasteiger partial charge < -0.3 is 19.9 Å². The quantitative estimate of drug-likeness (QED) is 0.865. The molecule has 0 saturated heterocycles. The Morgan fingerprint density at radius 2 is 2.18 bits per heavy atom. The number of hydrogen-bond donors (Lipinski definition) is 2. The fourth-order valence-electron chi connectivity index (χ4n) is 1.99. The third-order valence-corrected chi connectivity index (χ3v) is 3.13. The number of aliphatic hydroxyl groups excluding tert-OH is 1. The van der Waals surface area contributed by atoms with Crippen molar-refractivity contribution in [1.29, 1.82) is 0 Å². The maximum atomic E-state index is 10.0. The predicted molar refractivity (Wildman–Crippen MR) is 66.1 cm³/mol. The molecule has 1 aromatic carbocycles. The van der Waals surface area contributed by atoms with Gasteiger partial charge in [0.1, 0.15) is 13.2 Å². The maximum Gasteiger partial charge on any atom is 0.180 e. The summed E-state index contributed by atoms with van der Waals surface area (Å²) in [6, 6.07) is 1.86. The summed E-state index contributed by atoms with van der Waals surface area (Å²) < 4.78 is 11.0. The number of halogens is 1. The van der Waals surface area contributed by atoms with Crippen LogP contribution in [-0.4, -0.2) is 31.9 Å². The van der Waals surface area contributed by atoms with E-state index in [1.54, 1.807) is 7.05 Å². The molecule has 0 aromatic heterocycles. The van der Waals surface area contributed by atoms with Gasteiger partial charge in [0, 0.05) is 12.1 Å². The first-order valence-electron chi connectivity index (χ1n) is 5.56. The van der Waals surface area contributed by atoms with Crippen molar-refractivity contribution in [2.45, 2.75) is 13.0 Å². The minimum atomic E-state index is -0.650. The molecule has 0 saturated carbocycles. The molecule has 0 spiro atoms. The predicted octanol–water partition coefficient (Wildman–Crippen LogP) is 1.67. The number of rotatable bonds is 3. The summed E-state index contributed by atoms with van der Waals surface area (Å²) in [4.78, 5) is 0. The van der Waals surface area contributed by atoms with Crippen LogP contribution in [0.1, 0.15) is 17.2 Å². The second-order valence-electron chi connectivity index (χ2n) is 4.02. The van der Waals surface area contributed by atoms with E-state index >= 15 is 0 Å². The molecule has 0 aliphatic carbocycles. The third kappa shape index (κ3) is 2.34. The summed E-state index contributed by atoms with van der Waals surface area (Å²) >= 11 is 6.27. The van der Waals surface area contributed by atoms with E-state index in [1.165, 1.54) is 0 Å². The highest BCUT2D eigenvalue weighted by Crippen LogP contribution is 2.43. The van der Waals surface area contributed by atoms with Gasteiger partial charge in [-0.2, -0.15) is 0 Å². The highest BCUT2D eigenvalue weighted by molar-refractivity contribution is 6.33. The van der Waals surface area contributed by atoms with Crippen molar-refractivity contribution in [2.24, 2.45) is 0 Å². The first kappa shape index (κ1) is 12.5. The molecule has 1 aromatic rings. The standard InChI is InChI=1S/C12H16ClNO3/c1-7-5-9-12(17-4-3-16-9)11(13)10(7)8(15)6-14-2/h5,8,14-15H,3-4,6H2,1-2H3. The molecule has 0 amide bonds. The first-order chi connectivity index (χ1) is 8.15. The number of fused-ring (bicyclic) bond motifs is 1. The van der Waals surface area contributed by atoms with Gasteiger partial charge in [-0.15, -0.1) is 0 Å². The van der Waals surface area contributed by atoms with Gasteiger partial charge in [0.05, 0.1) is 11.1 Å². The zero-order valence-corrected chi connectivity index (χ0v) is 10.7. The Bertz CT molecular complexity index is 423. The number of likely N-dealkylation sites (N-methyl/N-ethyl adjacent to an activating group) is 1. The highest BCUT2D eigenvalue weighted by Gasteiger charge is 2.23. The molecule has 94 valence electrons. The molecule has 4 nitrogen and oxygen atoms in total. The Balaban J connectivity index is 2.45. The average molecular weight is 258 g/mol. The number of hydrogen-bond acceptors (Lipinski definition) is 4. The molecule has 0 radical (unpaired) electrons. The van der Waals surface area contributed by atoms with Crippen molar-refractivity contribution < 1.29 is 14.6 Å². The second kappa shape index (κ2) is 5.12. The third-order valence-electron chi connectivity index (χ3n) is 2.75. The van der Waals surface area contributed by atoms with Crippen LogP contribution < -0.4 is 14.8 Å². The smallest absolute Gasteiger partial charge is 0.180 e. The van der Waals surface area contributed by atoms with E-state index in [0.717, 1.165) is 5.56 Å². The molecule has 2 rings (SSSR count). The minimum absolute atomic E-state index is 0.445. The molecule has 1 atom stereocenters. The summed E-state index contributed by atoms with van der Waals surface area (Å²) in [5, 5.41) is 13.4. The van der Waals surface area contributed by atoms with Gasteiger partial charge >= 0.3 is 0 Å². The number of aliphatic hydroxyl groups is 1. The Morgan fingerprint density at radius 1 is 1.47 bits per heavy atom. The van der Waals surface area contributed by atoms with Crippen LogP contribution >= 0.6 is 11.6 Å². The van der Waals surface area contributed by atoms with Crippen molar-refractivity contribution in [3.05, 3.63) is 22.2 Å². The lowest BCUT2D eigenvalue weighted by Gasteiger charge is -2.24. The molecule has 0 bridgehead atoms. The number of ether oxygens (including phenoxy) is 2. The fraction of sp³-hybridized carbons (Fsp3) is 0.500. The van der Waals surface area contributed by atoms with Gasteiger partial charge in [-0.05, 0) is 25.6 Å². The summed E-state index contributed by atoms with van der Waals surface area (Å²) in [6.07, 6.45) is -0.650. The van der Waals surface area contributed by atoms with Gasteiger partial charge in [-0.3, -0.25) is 0 Å². The van der Waals surface area contributed by atoms with Gasteiger partial charge in [0.15, 0.2) is 11.5 Å². The van der Waals surface area contributed by atoms with Crippen LogP contribution in [0.3, 0.4) is 0 Å². The van der Waals surface area contributed by atoms with Crippen LogP contribution in [0.5, 0.6) is 11.5 Å². The van der Waals surface area contributed by atoms with Crippen LogP contribution in [0.2, 0.25) is 5.02 Å². The summed E-state index contributed by atoms with van der Waals surface area (Å²) in [5.74, 6) is 1.19. The highest BCUT2D eigenvalue weighted by atomic mass is 35.5. The summed E-state index contributed by atoms with van der Waals surface area (Å²) in [6.45, 7) is 3.36. The molecule has 2 N–H and O–H groups in total. The topological polar surface area (TPSA) is 50.7 Å². The first-order valence-corrected chi connectivity index (χ1v) is 5.94. The van der Waals surface area contributed by atoms with Crippen molar-refractivity contribution in [1.82, 2.24) is 5.32 Å². The molecule has 1 heterocycles. The normalized spacial score (nSPS) is 15.8. The van der Waals surface area contributed by atoms with E-state index in [9.17, 15) is 5.11 Å². The van der Waals surface area contributed by atoms with Gasteiger partial charge in [-0.25, -0.2) is 0 Å². The molecule has 5 heteroatoms. The van der Waals surface area contributed by atoms with Crippen LogP contribution in [0, 0.1) is 6.92 Å². The van der Waals surface area contributed by atoms with Crippen LogP contribution in [-0.2, 0) is 0 Å². The zero-order chi connectivity index (χ0) is 12.4. The van der Waals surface area contributed by atoms with Crippen LogP contribution in [0.25, 0.3) is 0 Å². The average Bonchev–Trinajstić information content (AvgIpc) is 2.29. The summed E-state index contributed by atoms with van der Waals surface area (Å²) in [5.41, 5.74) is 1.60. The van der Waals surface area contributed by atoms with Crippen molar-refractivity contribution >= 4 is 11.6 Å². The van der Waals surface area contributed by atoms with E-state index in [2.05, 4.69) is 5.32 Å². The Labute approximate surface area is 105 Å². The Hall–Kier alpha value is -0.970. The number of benzene rings is 1. The molecule has 1 unspecified atom stereocenters. The SMILES string of the molecule is CNCC(O)c1c(C)cc2c(c1Cl)OCCO2. The molecule has 1 aliphatic heterocycles. The number of nitrogens with one attached hydrogen (secondary N) is 1. The Morgan fingerprint density at radius 3 is 2.88 bits per heavy atom. The summed E-state index contributed by atoms with van der Waals surface area (Å²) in [7, 11) is 1.78. The van der Waals surface area contributed by atoms with Gasteiger partial charge in [0.25, 0.3) is 0 Å². The molecular formula is C12H16ClNO3. The lowest BCUT2D eigenvalue weighted by atomic mass is 10.0. The Kier molecular flexibility index (Phi) is 3.76. The number of aryl methyl sites for hydroxylation is 1. The van der Waals surface area contributed by atoms with Crippen LogP contribution in [0.15, 0.2) is 6.07 Å². The fourth-order valence-corrected chi connectivity index (χ4v) is 2.41. The van der Waals surface area contributed by atoms with E-state index in [0.29, 0.717) is 41.8 Å². The molecular weight excluding hydrogens is 242 g/mol. The molecule has 0 fully saturated rings. The monoisotopic (exact) mass is 257 g/mol. The van der Waals surface area contributed by atoms with Crippen LogP contribution in [0.4, 0.5) is 0 Å². The maximum absolute atomic E-state index is 10.0. The zero-order valence-electron chi connectivity index (χ0n) is 9.92. The van der Waals surface area contributed by atoms with E-state index in [1.807, 2.05) is 13.0 Å². The van der Waals surface area contributed by atoms with Crippen molar-refractivity contribution in [2.75, 3.05) is 26.8 Å². The largest absolute Gasteiger partial charge is 0.486 e. The lowest BCUT2D eigenvalue weighted by molar-refractivity contribution is 0.164. The van der Waals surface area contributed by atoms with Gasteiger partial charge in [-0.1, -0.05) is 11.6 Å². The molecule has 17 heavy (non-hydrogen) atoms.